The molecule has 0 spiro atoms. The van der Waals surface area contributed by atoms with Crippen molar-refractivity contribution in [1.29, 1.82) is 0 Å². The van der Waals surface area contributed by atoms with E-state index in [1.807, 2.05) is 26.2 Å². The van der Waals surface area contributed by atoms with E-state index in [-0.39, 0.29) is 12.1 Å². The number of ether oxygens (including phenoxy) is 2. The van der Waals surface area contributed by atoms with Gasteiger partial charge in [-0.1, -0.05) is 0 Å². The summed E-state index contributed by atoms with van der Waals surface area (Å²) >= 11 is 0. The third-order valence-electron chi connectivity index (χ3n) is 3.97. The first-order valence-electron chi connectivity index (χ1n) is 7.33. The number of anilines is 2. The molecule has 1 fully saturated rings. The lowest BCUT2D eigenvalue weighted by molar-refractivity contribution is 0.171. The molecule has 1 aromatic rings. The molecule has 2 aliphatic rings. The summed E-state index contributed by atoms with van der Waals surface area (Å²) in [6.45, 7) is 2.59. The van der Waals surface area contributed by atoms with E-state index in [2.05, 4.69) is 9.80 Å². The van der Waals surface area contributed by atoms with Crippen LogP contribution in [-0.4, -0.2) is 62.6 Å². The number of nitrogens with two attached hydrogens (primary N) is 1. The molecule has 6 nitrogen and oxygen atoms in total. The van der Waals surface area contributed by atoms with Gasteiger partial charge in [-0.2, -0.15) is 0 Å². The Balaban J connectivity index is 1.91. The van der Waals surface area contributed by atoms with Gasteiger partial charge in [0.2, 0.25) is 0 Å². The van der Waals surface area contributed by atoms with Gasteiger partial charge in [-0.15, -0.1) is 0 Å². The lowest BCUT2D eigenvalue weighted by atomic mass is 10.1. The first-order chi connectivity index (χ1) is 10.0. The van der Waals surface area contributed by atoms with Gasteiger partial charge in [-0.25, -0.2) is 0 Å². The molecule has 1 aromatic carbocycles. The van der Waals surface area contributed by atoms with Gasteiger partial charge in [-0.3, -0.25) is 0 Å². The predicted octanol–water partition coefficient (Wildman–Crippen LogP) is 0.541. The topological polar surface area (TPSA) is 71.2 Å². The predicted molar refractivity (Wildman–Crippen MR) is 82.2 cm³/mol. The molecule has 2 atom stereocenters. The molecule has 2 unspecified atom stereocenters. The van der Waals surface area contributed by atoms with E-state index in [1.165, 1.54) is 0 Å². The summed E-state index contributed by atoms with van der Waals surface area (Å²) in [5.41, 5.74) is 7.77. The molecule has 0 aliphatic carbocycles. The van der Waals surface area contributed by atoms with Crippen LogP contribution < -0.4 is 20.1 Å². The number of hydrogen-bond acceptors (Lipinski definition) is 6. The highest BCUT2D eigenvalue weighted by Gasteiger charge is 2.33. The molecule has 0 saturated carbocycles. The molecular formula is C15H23N3O3. The average Bonchev–Trinajstić information content (AvgIpc) is 2.77. The minimum atomic E-state index is -0.317. The molecule has 1 saturated heterocycles. The lowest BCUT2D eigenvalue weighted by Gasteiger charge is -2.31. The second kappa shape index (κ2) is 5.61. The van der Waals surface area contributed by atoms with Crippen molar-refractivity contribution in [3.63, 3.8) is 0 Å². The lowest BCUT2D eigenvalue weighted by Crippen LogP contribution is -2.38. The van der Waals surface area contributed by atoms with Crippen LogP contribution in [0, 0.1) is 0 Å². The van der Waals surface area contributed by atoms with E-state index >= 15 is 0 Å². The van der Waals surface area contributed by atoms with E-state index in [9.17, 15) is 5.11 Å². The number of nitrogens with zero attached hydrogens (tertiary/aromatic N) is 2. The normalized spacial score (nSPS) is 24.7. The van der Waals surface area contributed by atoms with Crippen LogP contribution in [0.3, 0.4) is 0 Å². The summed E-state index contributed by atoms with van der Waals surface area (Å²) in [6, 6.07) is 4.01. The highest BCUT2D eigenvalue weighted by Crippen LogP contribution is 2.40. The number of hydrogen-bond donors (Lipinski definition) is 2. The summed E-state index contributed by atoms with van der Waals surface area (Å²) in [5, 5.41) is 10.0. The van der Waals surface area contributed by atoms with E-state index in [0.717, 1.165) is 24.4 Å². The number of fused-ring (bicyclic) bond motifs is 1. The molecule has 0 radical (unpaired) electrons. The second-order valence-corrected chi connectivity index (χ2v) is 6.01. The number of nitrogen functional groups attached to an aromatic ring is 1. The zero-order chi connectivity index (χ0) is 15.0. The summed E-state index contributed by atoms with van der Waals surface area (Å²) in [4.78, 5) is 4.31. The minimum absolute atomic E-state index is 0.250. The molecule has 0 aromatic heterocycles. The van der Waals surface area contributed by atoms with Crippen LogP contribution in [0.25, 0.3) is 0 Å². The molecule has 6 heteroatoms. The third kappa shape index (κ3) is 2.87. The van der Waals surface area contributed by atoms with Crippen molar-refractivity contribution < 1.29 is 14.6 Å². The van der Waals surface area contributed by atoms with Crippen LogP contribution in [0.1, 0.15) is 6.42 Å². The molecule has 21 heavy (non-hydrogen) atoms. The number of aliphatic hydroxyl groups is 1. The highest BCUT2D eigenvalue weighted by atomic mass is 16.6. The zero-order valence-electron chi connectivity index (χ0n) is 12.6. The van der Waals surface area contributed by atoms with Gasteiger partial charge < -0.3 is 30.1 Å². The second-order valence-electron chi connectivity index (χ2n) is 6.01. The number of likely N-dealkylation sites (N-methyl/N-ethyl adjacent to an activating group) is 1. The van der Waals surface area contributed by atoms with Gasteiger partial charge in [0, 0.05) is 31.3 Å². The van der Waals surface area contributed by atoms with Crippen molar-refractivity contribution in [3.8, 4) is 11.5 Å². The molecule has 3 rings (SSSR count). The van der Waals surface area contributed by atoms with Gasteiger partial charge in [0.05, 0.1) is 17.5 Å². The van der Waals surface area contributed by atoms with Crippen LogP contribution in [0.5, 0.6) is 11.5 Å². The SMILES string of the molecule is CN(C)CC1CC(O)CN1c1cc2c(cc1N)OCCO2. The van der Waals surface area contributed by atoms with Crippen molar-refractivity contribution in [3.05, 3.63) is 12.1 Å². The van der Waals surface area contributed by atoms with Crippen molar-refractivity contribution in [1.82, 2.24) is 4.90 Å². The van der Waals surface area contributed by atoms with Gasteiger partial charge in [0.1, 0.15) is 13.2 Å². The quantitative estimate of drug-likeness (QED) is 0.793. The van der Waals surface area contributed by atoms with Crippen LogP contribution in [-0.2, 0) is 0 Å². The van der Waals surface area contributed by atoms with Crippen LogP contribution >= 0.6 is 0 Å². The Morgan fingerprint density at radius 2 is 1.95 bits per heavy atom. The standard InChI is InChI=1S/C15H23N3O3/c1-17(2)8-10-5-11(19)9-18(10)13-7-15-14(6-12(13)16)20-3-4-21-15/h6-7,10-11,19H,3-5,8-9,16H2,1-2H3. The van der Waals surface area contributed by atoms with Gasteiger partial charge in [0.25, 0.3) is 0 Å². The Hall–Kier alpha value is -1.66. The maximum Gasteiger partial charge on any atom is 0.163 e. The minimum Gasteiger partial charge on any atom is -0.486 e. The number of benzene rings is 1. The van der Waals surface area contributed by atoms with E-state index in [1.54, 1.807) is 0 Å². The van der Waals surface area contributed by atoms with Crippen LogP contribution in [0.15, 0.2) is 12.1 Å². The molecule has 0 bridgehead atoms. The Morgan fingerprint density at radius 1 is 1.29 bits per heavy atom. The monoisotopic (exact) mass is 293 g/mol. The smallest absolute Gasteiger partial charge is 0.163 e. The zero-order valence-corrected chi connectivity index (χ0v) is 12.6. The summed E-state index contributed by atoms with van der Waals surface area (Å²) in [7, 11) is 4.08. The molecular weight excluding hydrogens is 270 g/mol. The molecule has 2 heterocycles. The van der Waals surface area contributed by atoms with Crippen molar-refractivity contribution in [2.24, 2.45) is 0 Å². The van der Waals surface area contributed by atoms with Crippen LogP contribution in [0.4, 0.5) is 11.4 Å². The van der Waals surface area contributed by atoms with Crippen molar-refractivity contribution in [2.75, 3.05) is 51.0 Å². The molecule has 3 N–H and O–H groups in total. The van der Waals surface area contributed by atoms with E-state index in [4.69, 9.17) is 15.2 Å². The Morgan fingerprint density at radius 3 is 2.62 bits per heavy atom. The first-order valence-corrected chi connectivity index (χ1v) is 7.33. The van der Waals surface area contributed by atoms with Gasteiger partial charge in [0.15, 0.2) is 11.5 Å². The highest BCUT2D eigenvalue weighted by molar-refractivity contribution is 5.74. The van der Waals surface area contributed by atoms with Crippen molar-refractivity contribution >= 4 is 11.4 Å². The fourth-order valence-corrected chi connectivity index (χ4v) is 3.12. The Kier molecular flexibility index (Phi) is 3.82. The molecule has 116 valence electrons. The van der Waals surface area contributed by atoms with Crippen molar-refractivity contribution in [2.45, 2.75) is 18.6 Å². The first kappa shape index (κ1) is 14.3. The summed E-state index contributed by atoms with van der Waals surface area (Å²) in [5.74, 6) is 1.43. The Labute approximate surface area is 125 Å². The fraction of sp³-hybridized carbons (Fsp3) is 0.600. The summed E-state index contributed by atoms with van der Waals surface area (Å²) < 4.78 is 11.2. The average molecular weight is 293 g/mol. The summed E-state index contributed by atoms with van der Waals surface area (Å²) in [6.07, 6.45) is 0.439. The third-order valence-corrected chi connectivity index (χ3v) is 3.97. The Bertz CT molecular complexity index is 521. The van der Waals surface area contributed by atoms with E-state index < -0.39 is 0 Å². The van der Waals surface area contributed by atoms with E-state index in [0.29, 0.717) is 31.2 Å². The largest absolute Gasteiger partial charge is 0.486 e. The fourth-order valence-electron chi connectivity index (χ4n) is 3.12. The number of aliphatic hydroxyl groups excluding tert-OH is 1. The maximum atomic E-state index is 10.0. The maximum absolute atomic E-state index is 10.0. The van der Waals surface area contributed by atoms with Gasteiger partial charge >= 0.3 is 0 Å². The van der Waals surface area contributed by atoms with Crippen LogP contribution in [0.2, 0.25) is 0 Å². The van der Waals surface area contributed by atoms with Gasteiger partial charge in [-0.05, 0) is 20.5 Å². The number of rotatable bonds is 3. The molecule has 2 aliphatic heterocycles. The molecule has 0 amide bonds. The number of β-amino-alcohol motifs (C(OH)–C–C–N with tert-alkyl or cyclic N) is 1.